The maximum absolute atomic E-state index is 14.2. The van der Waals surface area contributed by atoms with Gasteiger partial charge in [-0.3, -0.25) is 8.51 Å². The summed E-state index contributed by atoms with van der Waals surface area (Å²) in [7, 11) is 0. The number of amides is 1. The lowest BCUT2D eigenvalue weighted by atomic mass is 9.89. The van der Waals surface area contributed by atoms with Gasteiger partial charge in [-0.2, -0.15) is 0 Å². The minimum atomic E-state index is -2.47. The predicted molar refractivity (Wildman–Crippen MR) is 105 cm³/mol. The van der Waals surface area contributed by atoms with Crippen LogP contribution in [0.5, 0.6) is 0 Å². The van der Waals surface area contributed by atoms with E-state index in [9.17, 15) is 17.9 Å². The molecular weight excluding hydrogens is 383 g/mol. The van der Waals surface area contributed by atoms with Gasteiger partial charge in [0.15, 0.2) is 0 Å². The molecule has 0 N–H and O–H groups in total. The Bertz CT molecular complexity index is 757. The molecule has 2 aliphatic rings. The summed E-state index contributed by atoms with van der Waals surface area (Å²) in [5, 5.41) is 0. The first kappa shape index (κ1) is 21.0. The van der Waals surface area contributed by atoms with Crippen molar-refractivity contribution in [2.24, 2.45) is 0 Å². The summed E-state index contributed by atoms with van der Waals surface area (Å²) in [6.45, 7) is 6.31. The van der Waals surface area contributed by atoms with E-state index in [1.807, 2.05) is 20.8 Å². The smallest absolute Gasteiger partial charge is 0.410 e. The van der Waals surface area contributed by atoms with E-state index in [1.54, 1.807) is 11.0 Å². The summed E-state index contributed by atoms with van der Waals surface area (Å²) in [6.07, 6.45) is 3.83. The number of anilines is 1. The van der Waals surface area contributed by atoms with Crippen LogP contribution < -0.4 is 4.31 Å². The van der Waals surface area contributed by atoms with Crippen molar-refractivity contribution in [1.82, 2.24) is 4.90 Å². The van der Waals surface area contributed by atoms with Gasteiger partial charge in [-0.1, -0.05) is 0 Å². The molecule has 0 bridgehead atoms. The second-order valence-electron chi connectivity index (χ2n) is 8.47. The highest BCUT2D eigenvalue weighted by molar-refractivity contribution is 7.80. The van der Waals surface area contributed by atoms with E-state index in [2.05, 4.69) is 0 Å². The lowest BCUT2D eigenvalue weighted by Gasteiger charge is -2.41. The number of piperidine rings is 1. The summed E-state index contributed by atoms with van der Waals surface area (Å²) >= 11 is -2.47. The number of benzene rings is 1. The van der Waals surface area contributed by atoms with Gasteiger partial charge in [0, 0.05) is 30.4 Å². The van der Waals surface area contributed by atoms with Crippen molar-refractivity contribution < 1.29 is 22.7 Å². The molecule has 1 saturated heterocycles. The van der Waals surface area contributed by atoms with E-state index in [-0.39, 0.29) is 18.0 Å². The number of fused-ring (bicyclic) bond motifs is 1. The first-order valence-corrected chi connectivity index (χ1v) is 10.9. The maximum Gasteiger partial charge on any atom is 0.410 e. The molecule has 156 valence electrons. The van der Waals surface area contributed by atoms with Crippen LogP contribution in [0.25, 0.3) is 0 Å². The lowest BCUT2D eigenvalue weighted by Crippen LogP contribution is -2.48. The molecule has 1 aromatic carbocycles. The lowest BCUT2D eigenvalue weighted by molar-refractivity contribution is 0.0207. The van der Waals surface area contributed by atoms with Crippen molar-refractivity contribution in [3.63, 3.8) is 0 Å². The molecule has 1 aliphatic heterocycles. The Labute approximate surface area is 168 Å². The minimum absolute atomic E-state index is 0.255. The van der Waals surface area contributed by atoms with E-state index in [0.717, 1.165) is 18.4 Å². The number of hydrogen-bond acceptors (Lipinski definition) is 4. The Hall–Kier alpha value is -1.67. The van der Waals surface area contributed by atoms with Crippen molar-refractivity contribution in [1.29, 1.82) is 0 Å². The summed E-state index contributed by atoms with van der Waals surface area (Å²) in [5.74, 6) is -0.255. The predicted octanol–water partition coefficient (Wildman–Crippen LogP) is 3.70. The van der Waals surface area contributed by atoms with Gasteiger partial charge in [-0.05, 0) is 82.6 Å². The topological polar surface area (TPSA) is 72.9 Å². The van der Waals surface area contributed by atoms with Crippen LogP contribution in [-0.4, -0.2) is 44.5 Å². The molecule has 0 saturated carbocycles. The Kier molecular flexibility index (Phi) is 6.29. The first-order valence-electron chi connectivity index (χ1n) is 9.84. The van der Waals surface area contributed by atoms with E-state index in [1.165, 1.54) is 10.4 Å². The van der Waals surface area contributed by atoms with Crippen LogP contribution >= 0.6 is 0 Å². The molecule has 1 aliphatic carbocycles. The number of nitrogens with zero attached hydrogens (tertiary/aromatic N) is 2. The number of ether oxygens (including phenoxy) is 1. The van der Waals surface area contributed by atoms with Crippen LogP contribution in [0.1, 0.15) is 57.6 Å². The second-order valence-corrected chi connectivity index (χ2v) is 9.30. The summed E-state index contributed by atoms with van der Waals surface area (Å²) in [5.41, 5.74) is 1.47. The number of rotatable bonds is 3. The highest BCUT2D eigenvalue weighted by Crippen LogP contribution is 2.35. The highest BCUT2D eigenvalue weighted by atomic mass is 32.2. The Morgan fingerprint density at radius 3 is 2.39 bits per heavy atom. The van der Waals surface area contributed by atoms with E-state index >= 15 is 0 Å². The molecule has 1 fully saturated rings. The molecule has 1 atom stereocenters. The van der Waals surface area contributed by atoms with Gasteiger partial charge in [0.05, 0.1) is 5.69 Å². The summed E-state index contributed by atoms with van der Waals surface area (Å²) in [6, 6.07) is 2.69. The van der Waals surface area contributed by atoms with Gasteiger partial charge in [0.2, 0.25) is 0 Å². The van der Waals surface area contributed by atoms with Gasteiger partial charge >= 0.3 is 6.09 Å². The standard InChI is InChI=1S/C20H29FN2O4S/c1-20(2,3)27-19(24)22-12-10-14(11-13-22)23(28(25)26)18-9-8-17(21)15-6-4-5-7-16(15)18/h8-9,14H,4-7,10-13H2,1-3H3,(H,25,26)/p-1. The van der Waals surface area contributed by atoms with E-state index < -0.39 is 16.9 Å². The zero-order valence-corrected chi connectivity index (χ0v) is 17.5. The van der Waals surface area contributed by atoms with Gasteiger partial charge in [-0.15, -0.1) is 0 Å². The first-order chi connectivity index (χ1) is 13.2. The van der Waals surface area contributed by atoms with Crippen molar-refractivity contribution in [3.05, 3.63) is 29.1 Å². The molecule has 28 heavy (non-hydrogen) atoms. The zero-order valence-electron chi connectivity index (χ0n) is 16.7. The average Bonchev–Trinajstić information content (AvgIpc) is 2.63. The van der Waals surface area contributed by atoms with Crippen LogP contribution in [0.4, 0.5) is 14.9 Å². The number of carbonyl (C=O) groups is 1. The van der Waals surface area contributed by atoms with Gasteiger partial charge in [-0.25, -0.2) is 9.18 Å². The van der Waals surface area contributed by atoms with Crippen LogP contribution in [0, 0.1) is 5.82 Å². The normalized spacial score (nSPS) is 19.1. The molecule has 1 amide bonds. The molecule has 1 unspecified atom stereocenters. The van der Waals surface area contributed by atoms with Gasteiger partial charge in [0.25, 0.3) is 0 Å². The minimum Gasteiger partial charge on any atom is -0.755 e. The van der Waals surface area contributed by atoms with Crippen molar-refractivity contribution in [2.75, 3.05) is 17.4 Å². The van der Waals surface area contributed by atoms with Crippen molar-refractivity contribution in [3.8, 4) is 0 Å². The van der Waals surface area contributed by atoms with Crippen molar-refractivity contribution >= 4 is 23.0 Å². The molecule has 3 rings (SSSR count). The summed E-state index contributed by atoms with van der Waals surface area (Å²) in [4.78, 5) is 13.9. The van der Waals surface area contributed by atoms with Crippen LogP contribution in [0.3, 0.4) is 0 Å². The van der Waals surface area contributed by atoms with Crippen LogP contribution in [-0.2, 0) is 28.8 Å². The number of carbonyl (C=O) groups excluding carboxylic acids is 1. The Morgan fingerprint density at radius 1 is 1.21 bits per heavy atom. The van der Waals surface area contributed by atoms with Crippen molar-refractivity contribution in [2.45, 2.75) is 70.9 Å². The molecular formula is C20H28FN2O4S-. The molecule has 6 nitrogen and oxygen atoms in total. The summed E-state index contributed by atoms with van der Waals surface area (Å²) < 4.78 is 45.2. The molecule has 8 heteroatoms. The second kappa shape index (κ2) is 8.37. The largest absolute Gasteiger partial charge is 0.755 e. The third-order valence-electron chi connectivity index (χ3n) is 5.30. The maximum atomic E-state index is 14.2. The quantitative estimate of drug-likeness (QED) is 0.711. The molecule has 0 spiro atoms. The third kappa shape index (κ3) is 4.66. The monoisotopic (exact) mass is 411 g/mol. The Balaban J connectivity index is 1.77. The number of likely N-dealkylation sites (tertiary alicyclic amines) is 1. The SMILES string of the molecule is CC(C)(C)OC(=O)N1CCC(N(c2ccc(F)c3c2CCCC3)S(=O)[O-])CC1. The molecule has 1 aromatic rings. The zero-order chi connectivity index (χ0) is 20.5. The van der Waals surface area contributed by atoms with Gasteiger partial charge < -0.3 is 14.2 Å². The fraction of sp³-hybridized carbons (Fsp3) is 0.650. The van der Waals surface area contributed by atoms with Gasteiger partial charge in [0.1, 0.15) is 11.4 Å². The van der Waals surface area contributed by atoms with Crippen LogP contribution in [0.15, 0.2) is 12.1 Å². The van der Waals surface area contributed by atoms with Crippen LogP contribution in [0.2, 0.25) is 0 Å². The third-order valence-corrected chi connectivity index (χ3v) is 6.11. The fourth-order valence-corrected chi connectivity index (χ4v) is 4.81. The molecule has 1 heterocycles. The van der Waals surface area contributed by atoms with E-state index in [4.69, 9.17) is 4.74 Å². The Morgan fingerprint density at radius 2 is 1.82 bits per heavy atom. The average molecular weight is 412 g/mol. The fourth-order valence-electron chi connectivity index (χ4n) is 4.02. The highest BCUT2D eigenvalue weighted by Gasteiger charge is 2.32. The van der Waals surface area contributed by atoms with E-state index in [0.29, 0.717) is 50.0 Å². The number of hydrogen-bond donors (Lipinski definition) is 0. The molecule has 0 radical (unpaired) electrons. The number of halogens is 1. The molecule has 0 aromatic heterocycles.